The van der Waals surface area contributed by atoms with Gasteiger partial charge in [-0.15, -0.1) is 0 Å². The van der Waals surface area contributed by atoms with Crippen LogP contribution in [0, 0.1) is 0 Å². The van der Waals surface area contributed by atoms with Gasteiger partial charge in [0.2, 0.25) is 0 Å². The molecule has 1 radical (unpaired) electrons. The molecule has 0 aromatic heterocycles. The van der Waals surface area contributed by atoms with Gasteiger partial charge in [0.1, 0.15) is 30.5 Å². The molecule has 0 heterocycles. The number of hydrogen-bond acceptors (Lipinski definition) is 3. The second-order valence-electron chi connectivity index (χ2n) is 7.71. The molecule has 0 saturated heterocycles. The van der Waals surface area contributed by atoms with Gasteiger partial charge in [-0.3, -0.25) is 4.57 Å². The van der Waals surface area contributed by atoms with E-state index in [1.165, 1.54) is 0 Å². The molecule has 129 valence electrons. The Bertz CT molecular complexity index is 628. The van der Waals surface area contributed by atoms with Gasteiger partial charge in [0, 0.05) is 10.6 Å². The maximum absolute atomic E-state index is 12.7. The quantitative estimate of drug-likeness (QED) is 0.745. The topological polar surface area (TPSA) is 35.5 Å². The molecule has 2 aromatic carbocycles. The van der Waals surface area contributed by atoms with Crippen LogP contribution in [0.5, 0.6) is 11.5 Å². The second kappa shape index (κ2) is 6.94. The minimum atomic E-state index is -1.62. The van der Waals surface area contributed by atoms with Crippen LogP contribution in [0.15, 0.2) is 48.5 Å². The van der Waals surface area contributed by atoms with E-state index >= 15 is 0 Å². The zero-order chi connectivity index (χ0) is 18.0. The van der Waals surface area contributed by atoms with Crippen molar-refractivity contribution in [2.45, 2.75) is 52.7 Å². The summed E-state index contributed by atoms with van der Waals surface area (Å²) in [5.41, 5.74) is -0.487. The van der Waals surface area contributed by atoms with E-state index in [4.69, 9.17) is 9.47 Å². The summed E-state index contributed by atoms with van der Waals surface area (Å²) in [6.45, 7) is 12.0. The third kappa shape index (κ3) is 5.65. The highest BCUT2D eigenvalue weighted by Gasteiger charge is 2.14. The first-order chi connectivity index (χ1) is 11.0. The highest BCUT2D eigenvalue weighted by molar-refractivity contribution is 7.61. The third-order valence-corrected chi connectivity index (χ3v) is 4.52. The Kier molecular flexibility index (Phi) is 5.35. The first-order valence-corrected chi connectivity index (χ1v) is 9.35. The Morgan fingerprint density at radius 2 is 0.917 bits per heavy atom. The molecule has 2 rings (SSSR count). The molecule has 0 spiro atoms. The number of hydrogen-bond donors (Lipinski definition) is 0. The average Bonchev–Trinajstić information content (AvgIpc) is 2.45. The van der Waals surface area contributed by atoms with Gasteiger partial charge in [0.25, 0.3) is 0 Å². The Morgan fingerprint density at radius 1 is 0.625 bits per heavy atom. The molecule has 0 unspecified atom stereocenters. The lowest BCUT2D eigenvalue weighted by atomic mass is 10.2. The van der Waals surface area contributed by atoms with Gasteiger partial charge >= 0.3 is 0 Å². The summed E-state index contributed by atoms with van der Waals surface area (Å²) in [6.07, 6.45) is 0. The fourth-order valence-electron chi connectivity index (χ4n) is 2.16. The maximum atomic E-state index is 12.7. The molecule has 0 atom stereocenters. The van der Waals surface area contributed by atoms with Crippen molar-refractivity contribution in [2.75, 3.05) is 0 Å². The average molecular weight is 345 g/mol. The van der Waals surface area contributed by atoms with Gasteiger partial charge in [-0.25, -0.2) is 0 Å². The summed E-state index contributed by atoms with van der Waals surface area (Å²) in [6, 6.07) is 14.9. The molecule has 0 aliphatic rings. The summed E-state index contributed by atoms with van der Waals surface area (Å²) in [5.74, 6) is 1.56. The Labute approximate surface area is 145 Å². The second-order valence-corrected chi connectivity index (χ2v) is 9.33. The normalized spacial score (nSPS) is 11.9. The van der Waals surface area contributed by atoms with Crippen LogP contribution in [0.2, 0.25) is 0 Å². The van der Waals surface area contributed by atoms with Crippen LogP contribution in [-0.2, 0) is 4.57 Å². The van der Waals surface area contributed by atoms with Crippen LogP contribution >= 0.6 is 7.80 Å². The number of ether oxygens (including phenoxy) is 2. The van der Waals surface area contributed by atoms with Crippen LogP contribution in [-0.4, -0.2) is 11.2 Å². The molecule has 0 N–H and O–H groups in total. The molecular weight excluding hydrogens is 319 g/mol. The molecule has 2 aromatic rings. The van der Waals surface area contributed by atoms with Gasteiger partial charge in [-0.2, -0.15) is 0 Å². The predicted octanol–water partition coefficient (Wildman–Crippen LogP) is 4.82. The lowest BCUT2D eigenvalue weighted by Crippen LogP contribution is -2.23. The lowest BCUT2D eigenvalue weighted by Gasteiger charge is -2.21. The van der Waals surface area contributed by atoms with E-state index in [0.717, 1.165) is 22.1 Å². The van der Waals surface area contributed by atoms with Crippen molar-refractivity contribution in [3.63, 3.8) is 0 Å². The van der Waals surface area contributed by atoms with Crippen molar-refractivity contribution >= 4 is 18.4 Å². The first kappa shape index (κ1) is 18.5. The SMILES string of the molecule is CC(C)(C)Oc1ccc([P](=O)c2ccc(OC(C)(C)C)cc2)cc1. The highest BCUT2D eigenvalue weighted by Crippen LogP contribution is 2.25. The Morgan fingerprint density at radius 3 is 1.17 bits per heavy atom. The van der Waals surface area contributed by atoms with Gasteiger partial charge in [0.05, 0.1) is 0 Å². The fourth-order valence-corrected chi connectivity index (χ4v) is 3.29. The maximum Gasteiger partial charge on any atom is 0.136 e. The van der Waals surface area contributed by atoms with Crippen LogP contribution < -0.4 is 20.1 Å². The van der Waals surface area contributed by atoms with Gasteiger partial charge < -0.3 is 9.47 Å². The Balaban J connectivity index is 2.11. The minimum Gasteiger partial charge on any atom is -0.488 e. The first-order valence-electron chi connectivity index (χ1n) is 8.09. The minimum absolute atomic E-state index is 0.243. The van der Waals surface area contributed by atoms with Crippen LogP contribution in [0.3, 0.4) is 0 Å². The summed E-state index contributed by atoms with van der Waals surface area (Å²) in [7, 11) is -1.62. The molecule has 0 bridgehead atoms. The van der Waals surface area contributed by atoms with Crippen LogP contribution in [0.4, 0.5) is 0 Å². The van der Waals surface area contributed by atoms with E-state index in [9.17, 15) is 4.57 Å². The molecule has 0 amide bonds. The predicted molar refractivity (Wildman–Crippen MR) is 101 cm³/mol. The largest absolute Gasteiger partial charge is 0.488 e. The number of rotatable bonds is 4. The van der Waals surface area contributed by atoms with Crippen molar-refractivity contribution in [1.82, 2.24) is 0 Å². The molecule has 0 saturated carbocycles. The molecule has 24 heavy (non-hydrogen) atoms. The monoisotopic (exact) mass is 345 g/mol. The van der Waals surface area contributed by atoms with E-state index in [1.54, 1.807) is 0 Å². The van der Waals surface area contributed by atoms with Gasteiger partial charge in [-0.1, -0.05) is 0 Å². The van der Waals surface area contributed by atoms with E-state index in [-0.39, 0.29) is 11.2 Å². The molecule has 0 aliphatic heterocycles. The van der Waals surface area contributed by atoms with Crippen LogP contribution in [0.25, 0.3) is 0 Å². The number of benzene rings is 2. The summed E-state index contributed by atoms with van der Waals surface area (Å²) in [4.78, 5) is 0. The van der Waals surface area contributed by atoms with Crippen molar-refractivity contribution in [2.24, 2.45) is 0 Å². The van der Waals surface area contributed by atoms with Gasteiger partial charge in [0.15, 0.2) is 0 Å². The lowest BCUT2D eigenvalue weighted by molar-refractivity contribution is 0.130. The summed E-state index contributed by atoms with van der Waals surface area (Å²) >= 11 is 0. The zero-order valence-corrected chi connectivity index (χ0v) is 16.2. The Hall–Kier alpha value is -1.86. The molecule has 0 fully saturated rings. The molecule has 0 aliphatic carbocycles. The van der Waals surface area contributed by atoms with E-state index in [2.05, 4.69) is 0 Å². The standard InChI is InChI=1S/C20H26O3P/c1-19(2,3)22-15-7-11-17(12-8-15)24(21)18-13-9-16(10-14-18)23-20(4,5)6/h7-14H,1-6H3. The van der Waals surface area contributed by atoms with Crippen molar-refractivity contribution < 1.29 is 14.0 Å². The fraction of sp³-hybridized carbons (Fsp3) is 0.400. The highest BCUT2D eigenvalue weighted by atomic mass is 31.1. The summed E-state index contributed by atoms with van der Waals surface area (Å²) in [5, 5.41) is 1.58. The van der Waals surface area contributed by atoms with Crippen LogP contribution in [0.1, 0.15) is 41.5 Å². The van der Waals surface area contributed by atoms with Crippen molar-refractivity contribution in [3.05, 3.63) is 48.5 Å². The molecule has 3 nitrogen and oxygen atoms in total. The summed E-state index contributed by atoms with van der Waals surface area (Å²) < 4.78 is 24.3. The zero-order valence-electron chi connectivity index (χ0n) is 15.3. The van der Waals surface area contributed by atoms with Crippen molar-refractivity contribution in [1.29, 1.82) is 0 Å². The smallest absolute Gasteiger partial charge is 0.136 e. The third-order valence-electron chi connectivity index (χ3n) is 2.99. The van der Waals surface area contributed by atoms with E-state index in [1.807, 2.05) is 90.1 Å². The van der Waals surface area contributed by atoms with Crippen molar-refractivity contribution in [3.8, 4) is 11.5 Å². The molecule has 4 heteroatoms. The molecular formula is C20H26O3P. The van der Waals surface area contributed by atoms with Gasteiger partial charge in [-0.05, 0) is 90.1 Å². The van der Waals surface area contributed by atoms with E-state index in [0.29, 0.717) is 0 Å². The van der Waals surface area contributed by atoms with E-state index < -0.39 is 7.80 Å².